The van der Waals surface area contributed by atoms with Crippen molar-refractivity contribution < 1.29 is 0 Å². The lowest BCUT2D eigenvalue weighted by molar-refractivity contribution is 0.264. The third kappa shape index (κ3) is 3.39. The van der Waals surface area contributed by atoms with Crippen LogP contribution in [0, 0.1) is 13.8 Å². The summed E-state index contributed by atoms with van der Waals surface area (Å²) in [4.78, 5) is 11.8. The van der Waals surface area contributed by atoms with Crippen LogP contribution in [0.1, 0.15) is 36.5 Å². The Morgan fingerprint density at radius 2 is 2.16 bits per heavy atom. The number of nitrogens with zero attached hydrogens (tertiary/aromatic N) is 3. The molecular formula is C14H24N4S. The lowest BCUT2D eigenvalue weighted by Gasteiger charge is -2.31. The highest BCUT2D eigenvalue weighted by molar-refractivity contribution is 7.99. The quantitative estimate of drug-likeness (QED) is 0.918. The molecule has 0 bridgehead atoms. The summed E-state index contributed by atoms with van der Waals surface area (Å²) in [5, 5.41) is 3.42. The van der Waals surface area contributed by atoms with Crippen molar-refractivity contribution in [2.24, 2.45) is 0 Å². The largest absolute Gasteiger partial charge is 0.370 e. The molecule has 1 aliphatic rings. The maximum atomic E-state index is 4.77. The van der Waals surface area contributed by atoms with E-state index < -0.39 is 0 Å². The summed E-state index contributed by atoms with van der Waals surface area (Å²) in [7, 11) is 2.17. The second-order valence-corrected chi connectivity index (χ2v) is 6.29. The van der Waals surface area contributed by atoms with Gasteiger partial charge in [-0.15, -0.1) is 0 Å². The molecule has 106 valence electrons. The third-order valence-corrected chi connectivity index (χ3v) is 4.67. The fourth-order valence-electron chi connectivity index (χ4n) is 2.17. The highest BCUT2D eigenvalue weighted by Gasteiger charge is 2.24. The molecule has 0 spiro atoms. The predicted molar refractivity (Wildman–Crippen MR) is 83.0 cm³/mol. The van der Waals surface area contributed by atoms with Gasteiger partial charge >= 0.3 is 0 Å². The molecule has 1 fully saturated rings. The van der Waals surface area contributed by atoms with Gasteiger partial charge in [0.15, 0.2) is 0 Å². The van der Waals surface area contributed by atoms with Gasteiger partial charge in [-0.1, -0.05) is 6.92 Å². The first-order valence-electron chi connectivity index (χ1n) is 7.00. The van der Waals surface area contributed by atoms with Crippen molar-refractivity contribution >= 4 is 17.6 Å². The van der Waals surface area contributed by atoms with Crippen molar-refractivity contribution in [2.75, 3.05) is 37.0 Å². The molecule has 5 heteroatoms. The normalized spacial score (nSPS) is 20.5. The molecule has 1 N–H and O–H groups in total. The van der Waals surface area contributed by atoms with Crippen molar-refractivity contribution in [2.45, 2.75) is 33.2 Å². The molecule has 1 unspecified atom stereocenters. The number of anilines is 1. The number of nitrogens with one attached hydrogen (secondary N) is 1. The summed E-state index contributed by atoms with van der Waals surface area (Å²) in [5.41, 5.74) is 2.26. The molecule has 0 radical (unpaired) electrons. The summed E-state index contributed by atoms with van der Waals surface area (Å²) in [6, 6.07) is 0.347. The summed E-state index contributed by atoms with van der Waals surface area (Å²) in [6.45, 7) is 8.42. The van der Waals surface area contributed by atoms with Gasteiger partial charge in [0.1, 0.15) is 11.6 Å². The lowest BCUT2D eigenvalue weighted by atomic mass is 10.2. The molecule has 0 aromatic carbocycles. The molecule has 1 aliphatic heterocycles. The molecule has 0 aliphatic carbocycles. The van der Waals surface area contributed by atoms with Crippen LogP contribution in [0.5, 0.6) is 0 Å². The van der Waals surface area contributed by atoms with E-state index in [1.165, 1.54) is 11.3 Å². The molecule has 2 rings (SSSR count). The Bertz CT molecular complexity index is 436. The highest BCUT2D eigenvalue weighted by Crippen LogP contribution is 2.28. The van der Waals surface area contributed by atoms with E-state index >= 15 is 0 Å². The van der Waals surface area contributed by atoms with Gasteiger partial charge in [-0.25, -0.2) is 9.97 Å². The molecule has 1 aromatic rings. The van der Waals surface area contributed by atoms with E-state index in [-0.39, 0.29) is 0 Å². The average molecular weight is 280 g/mol. The van der Waals surface area contributed by atoms with E-state index in [0.29, 0.717) is 6.04 Å². The SMILES string of the molecule is CCCNc1nc(C2CSCCN2C)nc(C)c1C. The zero-order valence-electron chi connectivity index (χ0n) is 12.4. The highest BCUT2D eigenvalue weighted by atomic mass is 32.2. The molecule has 1 atom stereocenters. The van der Waals surface area contributed by atoms with Gasteiger partial charge in [0.2, 0.25) is 0 Å². The van der Waals surface area contributed by atoms with E-state index in [1.54, 1.807) is 0 Å². The van der Waals surface area contributed by atoms with Crippen LogP contribution in [-0.4, -0.2) is 46.5 Å². The Kier molecular flexibility index (Phi) is 5.05. The van der Waals surface area contributed by atoms with E-state index in [9.17, 15) is 0 Å². The minimum atomic E-state index is 0.347. The number of thioether (sulfide) groups is 1. The first kappa shape index (κ1) is 14.6. The maximum absolute atomic E-state index is 4.77. The van der Waals surface area contributed by atoms with Crippen molar-refractivity contribution in [1.29, 1.82) is 0 Å². The van der Waals surface area contributed by atoms with Gasteiger partial charge in [0.05, 0.1) is 6.04 Å². The Hall–Kier alpha value is -0.810. The minimum Gasteiger partial charge on any atom is -0.370 e. The van der Waals surface area contributed by atoms with Crippen LogP contribution in [0.25, 0.3) is 0 Å². The van der Waals surface area contributed by atoms with Gasteiger partial charge in [0, 0.05) is 35.9 Å². The van der Waals surface area contributed by atoms with Gasteiger partial charge < -0.3 is 5.32 Å². The predicted octanol–water partition coefficient (Wildman–Crippen LogP) is 2.64. The Morgan fingerprint density at radius 1 is 1.37 bits per heavy atom. The summed E-state index contributed by atoms with van der Waals surface area (Å²) < 4.78 is 0. The zero-order chi connectivity index (χ0) is 13.8. The first-order chi connectivity index (χ1) is 9.13. The van der Waals surface area contributed by atoms with Crippen LogP contribution in [0.2, 0.25) is 0 Å². The van der Waals surface area contributed by atoms with E-state index in [4.69, 9.17) is 9.97 Å². The molecular weight excluding hydrogens is 256 g/mol. The molecule has 1 aromatic heterocycles. The average Bonchev–Trinajstić information content (AvgIpc) is 2.41. The lowest BCUT2D eigenvalue weighted by Crippen LogP contribution is -2.34. The summed E-state index contributed by atoms with van der Waals surface area (Å²) in [6.07, 6.45) is 1.11. The van der Waals surface area contributed by atoms with Crippen LogP contribution >= 0.6 is 11.8 Å². The fourth-order valence-corrected chi connectivity index (χ4v) is 3.38. The first-order valence-corrected chi connectivity index (χ1v) is 8.16. The van der Waals surface area contributed by atoms with Crippen molar-refractivity contribution in [1.82, 2.24) is 14.9 Å². The number of aryl methyl sites for hydroxylation is 1. The minimum absolute atomic E-state index is 0.347. The van der Waals surface area contributed by atoms with Gasteiger partial charge in [-0.3, -0.25) is 4.90 Å². The molecule has 2 heterocycles. The molecule has 1 saturated heterocycles. The van der Waals surface area contributed by atoms with Crippen molar-refractivity contribution in [3.63, 3.8) is 0 Å². The number of aromatic nitrogens is 2. The van der Waals surface area contributed by atoms with E-state index in [1.807, 2.05) is 11.8 Å². The number of hydrogen-bond acceptors (Lipinski definition) is 5. The van der Waals surface area contributed by atoms with Crippen LogP contribution in [-0.2, 0) is 0 Å². The zero-order valence-corrected chi connectivity index (χ0v) is 13.2. The number of hydrogen-bond donors (Lipinski definition) is 1. The fraction of sp³-hybridized carbons (Fsp3) is 0.714. The van der Waals surface area contributed by atoms with E-state index in [2.05, 4.69) is 38.0 Å². The Morgan fingerprint density at radius 3 is 2.84 bits per heavy atom. The molecule has 0 amide bonds. The smallest absolute Gasteiger partial charge is 0.148 e. The van der Waals surface area contributed by atoms with Crippen molar-refractivity contribution in [3.8, 4) is 0 Å². The van der Waals surface area contributed by atoms with Crippen LogP contribution in [0.15, 0.2) is 0 Å². The summed E-state index contributed by atoms with van der Waals surface area (Å²) in [5.74, 6) is 4.27. The topological polar surface area (TPSA) is 41.1 Å². The summed E-state index contributed by atoms with van der Waals surface area (Å²) >= 11 is 1.99. The second kappa shape index (κ2) is 6.57. The maximum Gasteiger partial charge on any atom is 0.148 e. The monoisotopic (exact) mass is 280 g/mol. The molecule has 19 heavy (non-hydrogen) atoms. The Balaban J connectivity index is 2.27. The second-order valence-electron chi connectivity index (χ2n) is 5.14. The molecule has 4 nitrogen and oxygen atoms in total. The van der Waals surface area contributed by atoms with Gasteiger partial charge in [-0.05, 0) is 27.3 Å². The number of rotatable bonds is 4. The van der Waals surface area contributed by atoms with Crippen LogP contribution in [0.4, 0.5) is 5.82 Å². The van der Waals surface area contributed by atoms with Crippen LogP contribution < -0.4 is 5.32 Å². The molecule has 0 saturated carbocycles. The third-order valence-electron chi connectivity index (χ3n) is 3.64. The van der Waals surface area contributed by atoms with Crippen molar-refractivity contribution in [3.05, 3.63) is 17.1 Å². The van der Waals surface area contributed by atoms with Gasteiger partial charge in [-0.2, -0.15) is 11.8 Å². The van der Waals surface area contributed by atoms with Gasteiger partial charge in [0.25, 0.3) is 0 Å². The standard InChI is InChI=1S/C14H24N4S/c1-5-6-15-13-10(2)11(3)16-14(17-13)12-9-19-8-7-18(12)4/h12H,5-9H2,1-4H3,(H,15,16,17). The Labute approximate surface area is 120 Å². The van der Waals surface area contributed by atoms with E-state index in [0.717, 1.165) is 42.6 Å². The van der Waals surface area contributed by atoms with Crippen LogP contribution in [0.3, 0.4) is 0 Å².